The lowest BCUT2D eigenvalue weighted by Gasteiger charge is -2.24. The van der Waals surface area contributed by atoms with E-state index in [1.54, 1.807) is 6.07 Å². The van der Waals surface area contributed by atoms with Crippen molar-refractivity contribution < 1.29 is 8.78 Å². The minimum absolute atomic E-state index is 0.00639. The highest BCUT2D eigenvalue weighted by Gasteiger charge is 2.28. The summed E-state index contributed by atoms with van der Waals surface area (Å²) in [4.78, 5) is 0. The Bertz CT molecular complexity index is 378. The zero-order chi connectivity index (χ0) is 12.3. The molecule has 1 heterocycles. The van der Waals surface area contributed by atoms with Gasteiger partial charge >= 0.3 is 0 Å². The van der Waals surface area contributed by atoms with E-state index in [-0.39, 0.29) is 6.04 Å². The summed E-state index contributed by atoms with van der Waals surface area (Å²) in [6.07, 6.45) is 2.28. The van der Waals surface area contributed by atoms with Crippen LogP contribution in [-0.2, 0) is 0 Å². The molecule has 0 spiro atoms. The number of hydrogen-bond acceptors (Lipinski definition) is 2. The van der Waals surface area contributed by atoms with Crippen LogP contribution in [0, 0.1) is 11.6 Å². The maximum Gasteiger partial charge on any atom is 0.130 e. The molecule has 4 heteroatoms. The predicted octanol–water partition coefficient (Wildman–Crippen LogP) is 3.51. The summed E-state index contributed by atoms with van der Waals surface area (Å²) >= 11 is 1.88. The second-order valence-corrected chi connectivity index (χ2v) is 5.60. The van der Waals surface area contributed by atoms with Crippen molar-refractivity contribution in [1.29, 1.82) is 0 Å². The van der Waals surface area contributed by atoms with Crippen LogP contribution in [0.4, 0.5) is 8.78 Å². The first-order chi connectivity index (χ1) is 8.22. The molecule has 94 valence electrons. The molecule has 1 aliphatic rings. The van der Waals surface area contributed by atoms with E-state index >= 15 is 0 Å². The Morgan fingerprint density at radius 2 is 2.29 bits per heavy atom. The van der Waals surface area contributed by atoms with Crippen LogP contribution in [0.25, 0.3) is 0 Å². The van der Waals surface area contributed by atoms with Crippen molar-refractivity contribution >= 4 is 11.8 Å². The van der Waals surface area contributed by atoms with Gasteiger partial charge in [-0.05, 0) is 31.2 Å². The van der Waals surface area contributed by atoms with Gasteiger partial charge < -0.3 is 5.32 Å². The van der Waals surface area contributed by atoms with E-state index in [9.17, 15) is 8.78 Å². The highest BCUT2D eigenvalue weighted by atomic mass is 32.2. The molecule has 0 bridgehead atoms. The second kappa shape index (κ2) is 5.83. The van der Waals surface area contributed by atoms with Gasteiger partial charge in [-0.15, -0.1) is 0 Å². The summed E-state index contributed by atoms with van der Waals surface area (Å²) < 4.78 is 26.7. The maximum atomic E-state index is 13.8. The van der Waals surface area contributed by atoms with Crippen molar-refractivity contribution in [3.8, 4) is 0 Å². The van der Waals surface area contributed by atoms with Crippen LogP contribution < -0.4 is 5.32 Å². The minimum atomic E-state index is -0.513. The van der Waals surface area contributed by atoms with E-state index in [0.717, 1.165) is 24.8 Å². The van der Waals surface area contributed by atoms with Gasteiger partial charge in [0.05, 0.1) is 0 Å². The van der Waals surface area contributed by atoms with Gasteiger partial charge in [0.1, 0.15) is 11.6 Å². The average molecular weight is 257 g/mol. The van der Waals surface area contributed by atoms with Gasteiger partial charge in [-0.2, -0.15) is 11.8 Å². The first-order valence-electron chi connectivity index (χ1n) is 6.02. The molecular weight excluding hydrogens is 240 g/mol. The van der Waals surface area contributed by atoms with Gasteiger partial charge in [-0.25, -0.2) is 8.78 Å². The van der Waals surface area contributed by atoms with Crippen molar-refractivity contribution in [3.63, 3.8) is 0 Å². The highest BCUT2D eigenvalue weighted by molar-refractivity contribution is 8.00. The smallest absolute Gasteiger partial charge is 0.130 e. The summed E-state index contributed by atoms with van der Waals surface area (Å²) in [6.45, 7) is 2.80. The Hall–Kier alpha value is -0.610. The van der Waals surface area contributed by atoms with E-state index in [1.165, 1.54) is 12.5 Å². The van der Waals surface area contributed by atoms with Crippen molar-refractivity contribution in [2.24, 2.45) is 0 Å². The Morgan fingerprint density at radius 1 is 1.47 bits per heavy atom. The number of benzene rings is 1. The number of nitrogens with one attached hydrogen (secondary N) is 1. The monoisotopic (exact) mass is 257 g/mol. The third-order valence-electron chi connectivity index (χ3n) is 3.06. The quantitative estimate of drug-likeness (QED) is 0.886. The first kappa shape index (κ1) is 12.8. The Morgan fingerprint density at radius 3 is 2.88 bits per heavy atom. The summed E-state index contributed by atoms with van der Waals surface area (Å²) in [5, 5.41) is 3.72. The summed E-state index contributed by atoms with van der Waals surface area (Å²) in [6, 6.07) is 3.87. The normalized spacial score (nSPS) is 21.7. The molecular formula is C13H17F2NS. The Kier molecular flexibility index (Phi) is 4.40. The van der Waals surface area contributed by atoms with Crippen molar-refractivity contribution in [3.05, 3.63) is 35.4 Å². The van der Waals surface area contributed by atoms with Gasteiger partial charge in [0.2, 0.25) is 0 Å². The topological polar surface area (TPSA) is 12.0 Å². The molecule has 1 saturated heterocycles. The SMILES string of the molecule is CCNC(c1ccc(F)cc1F)C1CCCS1. The molecule has 1 nitrogen and oxygen atoms in total. The van der Waals surface area contributed by atoms with E-state index in [4.69, 9.17) is 0 Å². The lowest BCUT2D eigenvalue weighted by atomic mass is 10.00. The van der Waals surface area contributed by atoms with Crippen molar-refractivity contribution in [2.75, 3.05) is 12.3 Å². The van der Waals surface area contributed by atoms with E-state index in [2.05, 4.69) is 5.32 Å². The van der Waals surface area contributed by atoms with Gasteiger partial charge in [-0.1, -0.05) is 13.0 Å². The molecule has 2 unspecified atom stereocenters. The van der Waals surface area contributed by atoms with E-state index in [0.29, 0.717) is 10.8 Å². The largest absolute Gasteiger partial charge is 0.309 e. The maximum absolute atomic E-state index is 13.8. The molecule has 1 aliphatic heterocycles. The van der Waals surface area contributed by atoms with Crippen LogP contribution in [0.2, 0.25) is 0 Å². The molecule has 0 aliphatic carbocycles. The van der Waals surface area contributed by atoms with E-state index < -0.39 is 11.6 Å². The molecule has 0 aromatic heterocycles. The molecule has 1 N–H and O–H groups in total. The van der Waals surface area contributed by atoms with Crippen LogP contribution >= 0.6 is 11.8 Å². The molecule has 17 heavy (non-hydrogen) atoms. The molecule has 1 aromatic carbocycles. The second-order valence-electron chi connectivity index (χ2n) is 4.25. The molecule has 1 aromatic rings. The number of halogens is 2. The van der Waals surface area contributed by atoms with Crippen molar-refractivity contribution in [1.82, 2.24) is 5.32 Å². The lowest BCUT2D eigenvalue weighted by molar-refractivity contribution is 0.484. The molecule has 1 fully saturated rings. The third-order valence-corrected chi connectivity index (χ3v) is 4.52. The van der Waals surface area contributed by atoms with Crippen LogP contribution in [-0.4, -0.2) is 17.5 Å². The zero-order valence-electron chi connectivity index (χ0n) is 9.88. The average Bonchev–Trinajstić information content (AvgIpc) is 2.80. The number of hydrogen-bond donors (Lipinski definition) is 1. The van der Waals surface area contributed by atoms with Crippen LogP contribution in [0.3, 0.4) is 0 Å². The molecule has 0 amide bonds. The highest BCUT2D eigenvalue weighted by Crippen LogP contribution is 2.36. The summed E-state index contributed by atoms with van der Waals surface area (Å²) in [5.41, 5.74) is 0.590. The van der Waals surface area contributed by atoms with Crippen molar-refractivity contribution in [2.45, 2.75) is 31.1 Å². The minimum Gasteiger partial charge on any atom is -0.309 e. The van der Waals surface area contributed by atoms with Gasteiger partial charge in [0.15, 0.2) is 0 Å². The fourth-order valence-electron chi connectivity index (χ4n) is 2.28. The van der Waals surface area contributed by atoms with Crippen LogP contribution in [0.5, 0.6) is 0 Å². The molecule has 2 rings (SSSR count). The van der Waals surface area contributed by atoms with Crippen LogP contribution in [0.1, 0.15) is 31.4 Å². The molecule has 0 radical (unpaired) electrons. The fourth-order valence-corrected chi connectivity index (χ4v) is 3.69. The summed E-state index contributed by atoms with van der Waals surface area (Å²) in [7, 11) is 0. The van der Waals surface area contributed by atoms with Gasteiger partial charge in [0, 0.05) is 22.9 Å². The zero-order valence-corrected chi connectivity index (χ0v) is 10.7. The van der Waals surface area contributed by atoms with E-state index in [1.807, 2.05) is 18.7 Å². The lowest BCUT2D eigenvalue weighted by Crippen LogP contribution is -2.29. The standard InChI is InChI=1S/C13H17F2NS/c1-2-16-13(12-4-3-7-17-12)10-6-5-9(14)8-11(10)15/h5-6,8,12-13,16H,2-4,7H2,1H3. The molecule has 2 atom stereocenters. The van der Waals surface area contributed by atoms with Gasteiger partial charge in [0.25, 0.3) is 0 Å². The molecule has 0 saturated carbocycles. The van der Waals surface area contributed by atoms with Gasteiger partial charge in [-0.3, -0.25) is 0 Å². The summed E-state index contributed by atoms with van der Waals surface area (Å²) in [5.74, 6) is 0.180. The number of thioether (sulfide) groups is 1. The Labute approximate surface area is 105 Å². The van der Waals surface area contributed by atoms with Crippen LogP contribution in [0.15, 0.2) is 18.2 Å². The number of rotatable bonds is 4. The first-order valence-corrected chi connectivity index (χ1v) is 7.07. The Balaban J connectivity index is 2.24. The third kappa shape index (κ3) is 2.99. The predicted molar refractivity (Wildman–Crippen MR) is 68.3 cm³/mol. The fraction of sp³-hybridized carbons (Fsp3) is 0.538.